The van der Waals surface area contributed by atoms with Crippen molar-refractivity contribution in [3.8, 4) is 23.1 Å². The van der Waals surface area contributed by atoms with Crippen LogP contribution in [-0.2, 0) is 4.79 Å². The van der Waals surface area contributed by atoms with E-state index in [1.165, 1.54) is 11.8 Å². The maximum atomic E-state index is 12.5. The van der Waals surface area contributed by atoms with Gasteiger partial charge in [0, 0.05) is 16.3 Å². The molecule has 2 aromatic carbocycles. The lowest BCUT2D eigenvalue weighted by Gasteiger charge is -2.27. The summed E-state index contributed by atoms with van der Waals surface area (Å²) in [6, 6.07) is 17.6. The molecule has 3 rings (SSSR count). The Bertz CT molecular complexity index is 1100. The summed E-state index contributed by atoms with van der Waals surface area (Å²) >= 11 is 7.34. The predicted octanol–water partition coefficient (Wildman–Crippen LogP) is 5.04. The fourth-order valence-electron chi connectivity index (χ4n) is 2.83. The summed E-state index contributed by atoms with van der Waals surface area (Å²) in [5.41, 5.74) is 1.99. The van der Waals surface area contributed by atoms with Gasteiger partial charge in [0.2, 0.25) is 5.91 Å². The molecule has 0 aliphatic heterocycles. The molecular formula is C23H24ClN5OS. The smallest absolute Gasteiger partial charge is 0.231 e. The molecule has 0 spiro atoms. The molecule has 1 atom stereocenters. The molecule has 0 saturated carbocycles. The highest BCUT2D eigenvalue weighted by Crippen LogP contribution is 2.29. The predicted molar refractivity (Wildman–Crippen MR) is 124 cm³/mol. The first-order valence-corrected chi connectivity index (χ1v) is 11.2. The summed E-state index contributed by atoms with van der Waals surface area (Å²) in [6.07, 6.45) is 0. The van der Waals surface area contributed by atoms with Crippen LogP contribution in [0.25, 0.3) is 17.1 Å². The number of aromatic nitrogens is 3. The number of aryl methyl sites for hydroxylation is 1. The van der Waals surface area contributed by atoms with Gasteiger partial charge in [0.05, 0.1) is 11.8 Å². The van der Waals surface area contributed by atoms with E-state index in [1.54, 1.807) is 19.1 Å². The van der Waals surface area contributed by atoms with Crippen LogP contribution in [0.4, 0.5) is 0 Å². The molecule has 0 saturated heterocycles. The van der Waals surface area contributed by atoms with Crippen molar-refractivity contribution >= 4 is 29.3 Å². The highest BCUT2D eigenvalue weighted by Gasteiger charge is 2.30. The zero-order valence-corrected chi connectivity index (χ0v) is 19.5. The Balaban J connectivity index is 1.90. The summed E-state index contributed by atoms with van der Waals surface area (Å²) in [7, 11) is 0. The number of amides is 1. The average molecular weight is 454 g/mol. The molecule has 1 amide bonds. The van der Waals surface area contributed by atoms with Gasteiger partial charge in [-0.15, -0.1) is 10.2 Å². The van der Waals surface area contributed by atoms with Crippen LogP contribution < -0.4 is 5.32 Å². The lowest BCUT2D eigenvalue weighted by atomic mass is 9.90. The Morgan fingerprint density at radius 2 is 1.84 bits per heavy atom. The van der Waals surface area contributed by atoms with Crippen LogP contribution in [0.3, 0.4) is 0 Å². The minimum atomic E-state index is -0.922. The van der Waals surface area contributed by atoms with Gasteiger partial charge < -0.3 is 5.32 Å². The van der Waals surface area contributed by atoms with Crippen LogP contribution in [-0.4, -0.2) is 32.0 Å². The Labute approximate surface area is 191 Å². The van der Waals surface area contributed by atoms with Crippen molar-refractivity contribution in [3.05, 3.63) is 59.1 Å². The van der Waals surface area contributed by atoms with E-state index in [4.69, 9.17) is 11.6 Å². The van der Waals surface area contributed by atoms with E-state index in [2.05, 4.69) is 21.6 Å². The molecule has 1 unspecified atom stereocenters. The molecule has 1 heterocycles. The average Bonchev–Trinajstić information content (AvgIpc) is 3.17. The zero-order chi connectivity index (χ0) is 22.6. The largest absolute Gasteiger partial charge is 0.337 e. The summed E-state index contributed by atoms with van der Waals surface area (Å²) in [5.74, 6) is 0.542. The van der Waals surface area contributed by atoms with Gasteiger partial charge in [0.25, 0.3) is 0 Å². The standard InChI is InChI=1S/C23H24ClN5OS/c1-15(2)23(4,14-25)26-20(30)13-31-22-28-27-21(17-7-5-16(3)6-8-17)29(22)19-11-9-18(24)10-12-19/h5-12,15H,13H2,1-4H3,(H,26,30). The third-order valence-electron chi connectivity index (χ3n) is 5.15. The molecule has 0 aliphatic rings. The first-order valence-electron chi connectivity index (χ1n) is 9.87. The SMILES string of the molecule is Cc1ccc(-c2nnc(SCC(=O)NC(C)(C#N)C(C)C)n2-c2ccc(Cl)cc2)cc1. The third-order valence-corrected chi connectivity index (χ3v) is 6.33. The van der Waals surface area contributed by atoms with Gasteiger partial charge in [0.1, 0.15) is 5.54 Å². The number of nitrogens with one attached hydrogen (secondary N) is 1. The lowest BCUT2D eigenvalue weighted by Crippen LogP contribution is -2.49. The maximum absolute atomic E-state index is 12.5. The highest BCUT2D eigenvalue weighted by atomic mass is 35.5. The van der Waals surface area contributed by atoms with Gasteiger partial charge in [-0.1, -0.05) is 67.0 Å². The van der Waals surface area contributed by atoms with Crippen molar-refractivity contribution in [1.29, 1.82) is 5.26 Å². The van der Waals surface area contributed by atoms with E-state index in [-0.39, 0.29) is 17.6 Å². The maximum Gasteiger partial charge on any atom is 0.231 e. The monoisotopic (exact) mass is 453 g/mol. The highest BCUT2D eigenvalue weighted by molar-refractivity contribution is 7.99. The van der Waals surface area contributed by atoms with E-state index in [1.807, 2.05) is 61.7 Å². The number of hydrogen-bond acceptors (Lipinski definition) is 5. The number of carbonyl (C=O) groups excluding carboxylic acids is 1. The van der Waals surface area contributed by atoms with Gasteiger partial charge >= 0.3 is 0 Å². The number of carbonyl (C=O) groups is 1. The van der Waals surface area contributed by atoms with E-state index in [0.717, 1.165) is 16.8 Å². The van der Waals surface area contributed by atoms with Gasteiger partial charge in [-0.2, -0.15) is 5.26 Å². The van der Waals surface area contributed by atoms with Crippen molar-refractivity contribution < 1.29 is 4.79 Å². The molecule has 3 aromatic rings. The van der Waals surface area contributed by atoms with Crippen LogP contribution >= 0.6 is 23.4 Å². The normalized spacial score (nSPS) is 12.9. The Morgan fingerprint density at radius 3 is 2.42 bits per heavy atom. The van der Waals surface area contributed by atoms with Crippen LogP contribution in [0.5, 0.6) is 0 Å². The summed E-state index contributed by atoms with van der Waals surface area (Å²) in [5, 5.41) is 22.2. The molecule has 8 heteroatoms. The fourth-order valence-corrected chi connectivity index (χ4v) is 3.71. The number of nitriles is 1. The molecule has 0 aliphatic carbocycles. The second-order valence-electron chi connectivity index (χ2n) is 7.79. The number of thioether (sulfide) groups is 1. The molecule has 1 aromatic heterocycles. The number of hydrogen-bond donors (Lipinski definition) is 1. The summed E-state index contributed by atoms with van der Waals surface area (Å²) in [6.45, 7) is 7.56. The first kappa shape index (κ1) is 22.9. The van der Waals surface area contributed by atoms with Crippen molar-refractivity contribution in [3.63, 3.8) is 0 Å². The molecule has 160 valence electrons. The second kappa shape index (κ2) is 9.54. The van der Waals surface area contributed by atoms with Gasteiger partial charge in [-0.3, -0.25) is 9.36 Å². The minimum Gasteiger partial charge on any atom is -0.337 e. The van der Waals surface area contributed by atoms with Crippen LogP contribution in [0, 0.1) is 24.2 Å². The lowest BCUT2D eigenvalue weighted by molar-refractivity contribution is -0.120. The van der Waals surface area contributed by atoms with Gasteiger partial charge in [-0.05, 0) is 44.0 Å². The van der Waals surface area contributed by atoms with Crippen LogP contribution in [0.2, 0.25) is 5.02 Å². The van der Waals surface area contributed by atoms with Crippen molar-refractivity contribution in [1.82, 2.24) is 20.1 Å². The molecule has 1 N–H and O–H groups in total. The minimum absolute atomic E-state index is 0.0164. The van der Waals surface area contributed by atoms with E-state index >= 15 is 0 Å². The fraction of sp³-hybridized carbons (Fsp3) is 0.304. The Kier molecular flexibility index (Phi) is 7.04. The number of nitrogens with zero attached hydrogens (tertiary/aromatic N) is 4. The molecule has 31 heavy (non-hydrogen) atoms. The van der Waals surface area contributed by atoms with Crippen molar-refractivity contribution in [2.75, 3.05) is 5.75 Å². The third kappa shape index (κ3) is 5.27. The zero-order valence-electron chi connectivity index (χ0n) is 17.9. The van der Waals surface area contributed by atoms with E-state index in [0.29, 0.717) is 16.0 Å². The van der Waals surface area contributed by atoms with Crippen molar-refractivity contribution in [2.45, 2.75) is 38.4 Å². The Morgan fingerprint density at radius 1 is 1.19 bits per heavy atom. The number of halogens is 1. The van der Waals surface area contributed by atoms with Crippen molar-refractivity contribution in [2.24, 2.45) is 5.92 Å². The van der Waals surface area contributed by atoms with E-state index in [9.17, 15) is 10.1 Å². The summed E-state index contributed by atoms with van der Waals surface area (Å²) in [4.78, 5) is 12.5. The quantitative estimate of drug-likeness (QED) is 0.506. The van der Waals surface area contributed by atoms with Crippen LogP contribution in [0.1, 0.15) is 26.3 Å². The topological polar surface area (TPSA) is 83.6 Å². The molecule has 0 radical (unpaired) electrons. The van der Waals surface area contributed by atoms with Gasteiger partial charge in [0.15, 0.2) is 11.0 Å². The molecular weight excluding hydrogens is 430 g/mol. The molecule has 0 bridgehead atoms. The van der Waals surface area contributed by atoms with Crippen LogP contribution in [0.15, 0.2) is 53.7 Å². The van der Waals surface area contributed by atoms with Gasteiger partial charge in [-0.25, -0.2) is 0 Å². The summed E-state index contributed by atoms with van der Waals surface area (Å²) < 4.78 is 1.91. The molecule has 0 fully saturated rings. The number of rotatable bonds is 7. The second-order valence-corrected chi connectivity index (χ2v) is 9.17. The number of benzene rings is 2. The Hall–Kier alpha value is -2.82. The first-order chi connectivity index (χ1) is 14.7. The van der Waals surface area contributed by atoms with E-state index < -0.39 is 5.54 Å². The molecule has 6 nitrogen and oxygen atoms in total.